The molecular formula is C18H26N4O2. The van der Waals surface area contributed by atoms with E-state index in [1.165, 1.54) is 17.7 Å². The van der Waals surface area contributed by atoms with E-state index < -0.39 is 0 Å². The number of nitrogens with two attached hydrogens (primary N) is 1. The van der Waals surface area contributed by atoms with Crippen molar-refractivity contribution >= 4 is 17.8 Å². The molecule has 24 heavy (non-hydrogen) atoms. The number of carbonyl (C=O) groups excluding carboxylic acids is 2. The number of fused-ring (bicyclic) bond motifs is 5. The van der Waals surface area contributed by atoms with Crippen molar-refractivity contribution in [3.05, 3.63) is 12.2 Å². The summed E-state index contributed by atoms with van der Waals surface area (Å²) in [6, 6.07) is 0. The Kier molecular flexibility index (Phi) is 4.06. The van der Waals surface area contributed by atoms with E-state index in [0.29, 0.717) is 19.0 Å². The molecule has 2 bridgehead atoms. The van der Waals surface area contributed by atoms with E-state index >= 15 is 0 Å². The van der Waals surface area contributed by atoms with Crippen LogP contribution >= 0.6 is 0 Å². The molecule has 0 aromatic rings. The summed E-state index contributed by atoms with van der Waals surface area (Å²) in [6.45, 7) is 2.67. The van der Waals surface area contributed by atoms with Gasteiger partial charge in [0.05, 0.1) is 18.4 Å². The van der Waals surface area contributed by atoms with Crippen LogP contribution in [0, 0.1) is 23.7 Å². The van der Waals surface area contributed by atoms with Crippen LogP contribution in [-0.4, -0.2) is 53.8 Å². The smallest absolute Gasteiger partial charge is 0.233 e. The van der Waals surface area contributed by atoms with Gasteiger partial charge in [0.1, 0.15) is 0 Å². The van der Waals surface area contributed by atoms with E-state index in [9.17, 15) is 9.59 Å². The summed E-state index contributed by atoms with van der Waals surface area (Å²) in [4.78, 5) is 33.2. The van der Waals surface area contributed by atoms with Crippen LogP contribution in [0.15, 0.2) is 17.1 Å². The molecule has 2 aliphatic carbocycles. The van der Waals surface area contributed by atoms with Crippen LogP contribution in [-0.2, 0) is 9.59 Å². The minimum Gasteiger partial charge on any atom is -0.370 e. The minimum absolute atomic E-state index is 0.00499. The lowest BCUT2D eigenvalue weighted by Crippen LogP contribution is -2.39. The van der Waals surface area contributed by atoms with Gasteiger partial charge in [-0.2, -0.15) is 0 Å². The Balaban J connectivity index is 1.35. The Hall–Kier alpha value is -1.85. The highest BCUT2D eigenvalue weighted by Crippen LogP contribution is 2.52. The third-order valence-electron chi connectivity index (χ3n) is 6.09. The number of hydrogen-bond donors (Lipinski definition) is 1. The maximum atomic E-state index is 12.6. The summed E-state index contributed by atoms with van der Waals surface area (Å²) < 4.78 is 0. The molecule has 2 heterocycles. The predicted molar refractivity (Wildman–Crippen MR) is 91.0 cm³/mol. The second-order valence-corrected chi connectivity index (χ2v) is 7.47. The largest absolute Gasteiger partial charge is 0.370 e. The number of amides is 2. The maximum Gasteiger partial charge on any atom is 0.233 e. The number of rotatable bonds is 3. The highest BCUT2D eigenvalue weighted by Gasteiger charge is 2.58. The number of aliphatic imine (C=N–C) groups is 1. The zero-order valence-electron chi connectivity index (χ0n) is 14.1. The van der Waals surface area contributed by atoms with Crippen molar-refractivity contribution in [3.63, 3.8) is 0 Å². The molecule has 4 atom stereocenters. The molecule has 0 aromatic carbocycles. The molecule has 2 aliphatic heterocycles. The summed E-state index contributed by atoms with van der Waals surface area (Å²) in [7, 11) is 0. The zero-order valence-corrected chi connectivity index (χ0v) is 14.1. The Morgan fingerprint density at radius 1 is 1.04 bits per heavy atom. The Morgan fingerprint density at radius 3 is 2.21 bits per heavy atom. The lowest BCUT2D eigenvalue weighted by Gasteiger charge is -2.21. The molecule has 0 aromatic heterocycles. The van der Waals surface area contributed by atoms with E-state index in [1.807, 2.05) is 0 Å². The molecule has 2 saturated heterocycles. The van der Waals surface area contributed by atoms with Crippen molar-refractivity contribution in [1.29, 1.82) is 0 Å². The molecule has 0 spiro atoms. The molecular weight excluding hydrogens is 304 g/mol. The molecule has 6 nitrogen and oxygen atoms in total. The van der Waals surface area contributed by atoms with Crippen LogP contribution in [0.3, 0.4) is 0 Å². The third-order valence-corrected chi connectivity index (χ3v) is 6.09. The van der Waals surface area contributed by atoms with Gasteiger partial charge in [-0.3, -0.25) is 19.5 Å². The summed E-state index contributed by atoms with van der Waals surface area (Å²) in [5.41, 5.74) is 6.10. The standard InChI is InChI=1S/C18H26N4O2/c19-18(21-8-3-1-2-4-9-21)20-7-10-22-16(23)14-12-5-6-13(11-12)15(14)17(22)24/h5-6,12-15H,1-4,7-11H2,(H2,19,20). The number of likely N-dealkylation sites (tertiary alicyclic amines) is 2. The van der Waals surface area contributed by atoms with Gasteiger partial charge < -0.3 is 10.6 Å². The van der Waals surface area contributed by atoms with Gasteiger partial charge in [-0.15, -0.1) is 0 Å². The maximum absolute atomic E-state index is 12.6. The van der Waals surface area contributed by atoms with Crippen molar-refractivity contribution in [1.82, 2.24) is 9.80 Å². The van der Waals surface area contributed by atoms with Gasteiger partial charge in [0.2, 0.25) is 11.8 Å². The number of nitrogens with zero attached hydrogens (tertiary/aromatic N) is 3. The van der Waals surface area contributed by atoms with Crippen molar-refractivity contribution < 1.29 is 9.59 Å². The molecule has 130 valence electrons. The molecule has 4 unspecified atom stereocenters. The Morgan fingerprint density at radius 2 is 1.62 bits per heavy atom. The monoisotopic (exact) mass is 330 g/mol. The average molecular weight is 330 g/mol. The normalized spacial score (nSPS) is 35.8. The van der Waals surface area contributed by atoms with Crippen LogP contribution in [0.1, 0.15) is 32.1 Å². The first-order chi connectivity index (χ1) is 11.7. The Labute approximate surface area is 142 Å². The highest BCUT2D eigenvalue weighted by atomic mass is 16.2. The van der Waals surface area contributed by atoms with E-state index in [4.69, 9.17) is 5.73 Å². The fraction of sp³-hybridized carbons (Fsp3) is 0.722. The van der Waals surface area contributed by atoms with E-state index in [0.717, 1.165) is 32.4 Å². The minimum atomic E-state index is -0.112. The van der Waals surface area contributed by atoms with Crippen LogP contribution < -0.4 is 5.73 Å². The molecule has 2 N–H and O–H groups in total. The van der Waals surface area contributed by atoms with Gasteiger partial charge in [-0.05, 0) is 31.1 Å². The molecule has 4 aliphatic rings. The SMILES string of the molecule is NC(=NCCN1C(=O)C2C3C=CC(C3)C2C1=O)N1CCCCCC1. The molecule has 2 amide bonds. The van der Waals surface area contributed by atoms with Gasteiger partial charge in [0.15, 0.2) is 5.96 Å². The van der Waals surface area contributed by atoms with Gasteiger partial charge in [-0.25, -0.2) is 0 Å². The zero-order chi connectivity index (χ0) is 16.7. The predicted octanol–water partition coefficient (Wildman–Crippen LogP) is 0.984. The van der Waals surface area contributed by atoms with Crippen LogP contribution in [0.2, 0.25) is 0 Å². The van der Waals surface area contributed by atoms with Crippen LogP contribution in [0.25, 0.3) is 0 Å². The van der Waals surface area contributed by atoms with E-state index in [-0.39, 0.29) is 35.5 Å². The van der Waals surface area contributed by atoms with Gasteiger partial charge >= 0.3 is 0 Å². The highest BCUT2D eigenvalue weighted by molar-refractivity contribution is 6.06. The quantitative estimate of drug-likeness (QED) is 0.362. The number of hydrogen-bond acceptors (Lipinski definition) is 3. The second-order valence-electron chi connectivity index (χ2n) is 7.47. The first-order valence-electron chi connectivity index (χ1n) is 9.25. The van der Waals surface area contributed by atoms with Crippen molar-refractivity contribution in [2.45, 2.75) is 32.1 Å². The lowest BCUT2D eigenvalue weighted by molar-refractivity contribution is -0.140. The summed E-state index contributed by atoms with van der Waals surface area (Å²) >= 11 is 0. The summed E-state index contributed by atoms with van der Waals surface area (Å²) in [6.07, 6.45) is 10.0. The molecule has 0 radical (unpaired) electrons. The van der Waals surface area contributed by atoms with Gasteiger partial charge in [-0.1, -0.05) is 25.0 Å². The third kappa shape index (κ3) is 2.52. The van der Waals surface area contributed by atoms with Crippen molar-refractivity contribution in [3.8, 4) is 0 Å². The number of imide groups is 1. The fourth-order valence-electron chi connectivity index (χ4n) is 4.85. The van der Waals surface area contributed by atoms with E-state index in [1.54, 1.807) is 0 Å². The van der Waals surface area contributed by atoms with Crippen molar-refractivity contribution in [2.75, 3.05) is 26.2 Å². The molecule has 3 fully saturated rings. The number of guanidine groups is 1. The van der Waals surface area contributed by atoms with Gasteiger partial charge in [0.25, 0.3) is 0 Å². The van der Waals surface area contributed by atoms with E-state index in [2.05, 4.69) is 22.0 Å². The summed E-state index contributed by atoms with van der Waals surface area (Å²) in [5, 5.41) is 0. The summed E-state index contributed by atoms with van der Waals surface area (Å²) in [5.74, 6) is 0.881. The molecule has 1 saturated carbocycles. The molecule has 6 heteroatoms. The molecule has 4 rings (SSSR count). The Bertz CT molecular complexity index is 562. The number of carbonyl (C=O) groups is 2. The van der Waals surface area contributed by atoms with Crippen LogP contribution in [0.4, 0.5) is 0 Å². The lowest BCUT2D eigenvalue weighted by atomic mass is 9.85. The van der Waals surface area contributed by atoms with Crippen molar-refractivity contribution in [2.24, 2.45) is 34.4 Å². The first kappa shape index (κ1) is 15.7. The van der Waals surface area contributed by atoms with Gasteiger partial charge in [0, 0.05) is 19.6 Å². The fourth-order valence-corrected chi connectivity index (χ4v) is 4.85. The average Bonchev–Trinajstić information content (AvgIpc) is 3.16. The first-order valence-corrected chi connectivity index (χ1v) is 9.25. The topological polar surface area (TPSA) is 79.0 Å². The number of allylic oxidation sites excluding steroid dienone is 2. The van der Waals surface area contributed by atoms with Crippen LogP contribution in [0.5, 0.6) is 0 Å². The second kappa shape index (κ2) is 6.22.